The van der Waals surface area contributed by atoms with Gasteiger partial charge in [-0.15, -0.1) is 11.8 Å². The second kappa shape index (κ2) is 7.77. The van der Waals surface area contributed by atoms with Crippen molar-refractivity contribution in [1.29, 1.82) is 0 Å². The molecule has 0 aromatic heterocycles. The molecule has 1 saturated carbocycles. The molecule has 0 saturated heterocycles. The van der Waals surface area contributed by atoms with Crippen LogP contribution in [-0.4, -0.2) is 29.5 Å². The molecule has 4 heteroatoms. The Bertz CT molecular complexity index is 684. The van der Waals surface area contributed by atoms with E-state index in [0.717, 1.165) is 31.3 Å². The highest BCUT2D eigenvalue weighted by atomic mass is 32.2. The van der Waals surface area contributed by atoms with Gasteiger partial charge in [0.2, 0.25) is 0 Å². The van der Waals surface area contributed by atoms with Crippen LogP contribution < -0.4 is 0 Å². The molecule has 1 aromatic rings. The fraction of sp³-hybridized carbons (Fsp3) is 0.591. The van der Waals surface area contributed by atoms with Crippen LogP contribution in [0.3, 0.4) is 0 Å². The van der Waals surface area contributed by atoms with Crippen molar-refractivity contribution >= 4 is 17.7 Å². The van der Waals surface area contributed by atoms with Crippen molar-refractivity contribution in [3.63, 3.8) is 0 Å². The predicted molar refractivity (Wildman–Crippen MR) is 106 cm³/mol. The zero-order valence-corrected chi connectivity index (χ0v) is 17.0. The molecule has 0 bridgehead atoms. The third-order valence-corrected chi connectivity index (χ3v) is 8.16. The van der Waals surface area contributed by atoms with Crippen molar-refractivity contribution in [3.8, 4) is 0 Å². The van der Waals surface area contributed by atoms with E-state index in [2.05, 4.69) is 38.1 Å². The zero-order chi connectivity index (χ0) is 18.9. The van der Waals surface area contributed by atoms with Crippen molar-refractivity contribution in [2.45, 2.75) is 62.7 Å². The number of hydrogen-bond donors (Lipinski definition) is 1. The Hall–Kier alpha value is -1.26. The first kappa shape index (κ1) is 19.5. The molecular weight excluding hydrogens is 344 g/mol. The molecule has 0 aliphatic heterocycles. The van der Waals surface area contributed by atoms with Gasteiger partial charge in [-0.25, -0.2) is 0 Å². The first-order valence-corrected chi connectivity index (χ1v) is 10.4. The molecule has 1 aromatic carbocycles. The van der Waals surface area contributed by atoms with Gasteiger partial charge < -0.3 is 9.84 Å². The lowest BCUT2D eigenvalue weighted by Gasteiger charge is -2.50. The number of aliphatic hydroxyl groups is 1. The maximum Gasteiger partial charge on any atom is 0.308 e. The lowest BCUT2D eigenvalue weighted by atomic mass is 9.59. The van der Waals surface area contributed by atoms with Crippen LogP contribution in [0.2, 0.25) is 0 Å². The molecule has 2 aliphatic carbocycles. The summed E-state index contributed by atoms with van der Waals surface area (Å²) in [6.45, 7) is 6.41. The number of aliphatic hydroxyl groups excluding tert-OH is 1. The molecule has 1 unspecified atom stereocenters. The van der Waals surface area contributed by atoms with E-state index >= 15 is 0 Å². The fourth-order valence-electron chi connectivity index (χ4n) is 4.69. The topological polar surface area (TPSA) is 46.5 Å². The van der Waals surface area contributed by atoms with Gasteiger partial charge in [-0.2, -0.15) is 0 Å². The van der Waals surface area contributed by atoms with Crippen LogP contribution in [0.25, 0.3) is 0 Å². The summed E-state index contributed by atoms with van der Waals surface area (Å²) < 4.78 is 4.97. The number of ether oxygens (including phenoxy) is 1. The summed E-state index contributed by atoms with van der Waals surface area (Å²) in [5.41, 5.74) is 2.58. The standard InChI is InChI=1S/C22H30O3S/c1-14(21(24)25-4)16-10-11-22(3)18(12-16)15(2)19(23)13-20(22)26-17-8-6-5-7-9-17/h5-9,14,16,19-20,23H,10-13H2,1-4H3/t14-,16-,19?,20+,22+/m0/s1. The summed E-state index contributed by atoms with van der Waals surface area (Å²) in [5, 5.41) is 11.1. The molecule has 0 amide bonds. The van der Waals surface area contributed by atoms with E-state index in [4.69, 9.17) is 4.74 Å². The summed E-state index contributed by atoms with van der Waals surface area (Å²) in [4.78, 5) is 13.3. The fourth-order valence-corrected chi connectivity index (χ4v) is 6.13. The Labute approximate surface area is 161 Å². The largest absolute Gasteiger partial charge is 0.469 e. The number of carbonyl (C=O) groups excluding carboxylic acids is 1. The van der Waals surface area contributed by atoms with E-state index in [1.165, 1.54) is 17.6 Å². The van der Waals surface area contributed by atoms with Crippen LogP contribution in [0.5, 0.6) is 0 Å². The van der Waals surface area contributed by atoms with E-state index in [0.29, 0.717) is 11.2 Å². The number of esters is 1. The van der Waals surface area contributed by atoms with Crippen LogP contribution in [0.1, 0.15) is 46.5 Å². The Morgan fingerprint density at radius 3 is 2.69 bits per heavy atom. The van der Waals surface area contributed by atoms with Crippen LogP contribution in [0.4, 0.5) is 0 Å². The molecule has 26 heavy (non-hydrogen) atoms. The minimum absolute atomic E-state index is 0.0795. The molecule has 142 valence electrons. The number of thioether (sulfide) groups is 1. The number of benzene rings is 1. The van der Waals surface area contributed by atoms with Gasteiger partial charge in [-0.3, -0.25) is 4.79 Å². The lowest BCUT2D eigenvalue weighted by Crippen LogP contribution is -2.45. The van der Waals surface area contributed by atoms with Crippen LogP contribution in [-0.2, 0) is 9.53 Å². The van der Waals surface area contributed by atoms with E-state index in [9.17, 15) is 9.90 Å². The second-order valence-electron chi connectivity index (χ2n) is 8.06. The maximum absolute atomic E-state index is 12.0. The van der Waals surface area contributed by atoms with Crippen molar-refractivity contribution in [3.05, 3.63) is 41.5 Å². The molecular formula is C22H30O3S. The smallest absolute Gasteiger partial charge is 0.308 e. The van der Waals surface area contributed by atoms with Crippen molar-refractivity contribution in [2.75, 3.05) is 7.11 Å². The van der Waals surface area contributed by atoms with E-state index in [1.807, 2.05) is 24.8 Å². The quantitative estimate of drug-likeness (QED) is 0.605. The van der Waals surface area contributed by atoms with Crippen molar-refractivity contribution < 1.29 is 14.6 Å². The van der Waals surface area contributed by atoms with E-state index in [1.54, 1.807) is 0 Å². The Kier molecular flexibility index (Phi) is 5.83. The number of hydrogen-bond acceptors (Lipinski definition) is 4. The highest BCUT2D eigenvalue weighted by Gasteiger charge is 2.48. The Balaban J connectivity index is 1.86. The number of methoxy groups -OCH3 is 1. The SMILES string of the molecule is COC(=O)[C@@H](C)[C@H]1CC[C@]2(C)C(=C(C)C(O)C[C@H]2Sc2ccccc2)C1. The Morgan fingerprint density at radius 1 is 1.35 bits per heavy atom. The van der Waals surface area contributed by atoms with Gasteiger partial charge in [0.15, 0.2) is 0 Å². The third kappa shape index (κ3) is 3.59. The molecule has 2 aliphatic rings. The highest BCUT2D eigenvalue weighted by Crippen LogP contribution is 2.56. The van der Waals surface area contributed by atoms with E-state index < -0.39 is 0 Å². The van der Waals surface area contributed by atoms with Crippen LogP contribution in [0.15, 0.2) is 46.4 Å². The number of rotatable bonds is 4. The van der Waals surface area contributed by atoms with Gasteiger partial charge in [0.1, 0.15) is 0 Å². The molecule has 1 N–H and O–H groups in total. The average molecular weight is 375 g/mol. The monoisotopic (exact) mass is 374 g/mol. The minimum atomic E-state index is -0.383. The highest BCUT2D eigenvalue weighted by molar-refractivity contribution is 8.00. The second-order valence-corrected chi connectivity index (χ2v) is 9.34. The molecule has 0 spiro atoms. The number of fused-ring (bicyclic) bond motifs is 1. The summed E-state index contributed by atoms with van der Waals surface area (Å²) >= 11 is 1.89. The maximum atomic E-state index is 12.0. The molecule has 0 radical (unpaired) electrons. The summed E-state index contributed by atoms with van der Waals surface area (Å²) in [6.07, 6.45) is 3.39. The molecule has 3 rings (SSSR count). The summed E-state index contributed by atoms with van der Waals surface area (Å²) in [7, 11) is 1.47. The number of allylic oxidation sites excluding steroid dienone is 1. The van der Waals surface area contributed by atoms with Gasteiger partial charge in [-0.1, -0.05) is 37.6 Å². The van der Waals surface area contributed by atoms with Gasteiger partial charge >= 0.3 is 5.97 Å². The first-order valence-electron chi connectivity index (χ1n) is 9.54. The van der Waals surface area contributed by atoms with Crippen molar-refractivity contribution in [2.24, 2.45) is 17.3 Å². The molecule has 0 heterocycles. The van der Waals surface area contributed by atoms with E-state index in [-0.39, 0.29) is 23.4 Å². The minimum Gasteiger partial charge on any atom is -0.469 e. The van der Waals surface area contributed by atoms with Crippen LogP contribution >= 0.6 is 11.8 Å². The Morgan fingerprint density at radius 2 is 2.04 bits per heavy atom. The summed E-state index contributed by atoms with van der Waals surface area (Å²) in [5.74, 6) is 0.0840. The lowest BCUT2D eigenvalue weighted by molar-refractivity contribution is -0.147. The third-order valence-electron chi connectivity index (χ3n) is 6.62. The van der Waals surface area contributed by atoms with Gasteiger partial charge in [0.25, 0.3) is 0 Å². The number of carbonyl (C=O) groups is 1. The van der Waals surface area contributed by atoms with Gasteiger partial charge in [-0.05, 0) is 56.2 Å². The van der Waals surface area contributed by atoms with Gasteiger partial charge in [0, 0.05) is 15.6 Å². The molecule has 1 fully saturated rings. The zero-order valence-electron chi connectivity index (χ0n) is 16.2. The average Bonchev–Trinajstić information content (AvgIpc) is 2.66. The summed E-state index contributed by atoms with van der Waals surface area (Å²) in [6, 6.07) is 10.5. The normalized spacial score (nSPS) is 32.7. The first-order chi connectivity index (χ1) is 12.4. The molecule has 5 atom stereocenters. The van der Waals surface area contributed by atoms with Gasteiger partial charge in [0.05, 0.1) is 19.1 Å². The van der Waals surface area contributed by atoms with Crippen LogP contribution in [0, 0.1) is 17.3 Å². The predicted octanol–water partition coefficient (Wildman–Crippen LogP) is 4.84. The molecule has 3 nitrogen and oxygen atoms in total. The van der Waals surface area contributed by atoms with Crippen molar-refractivity contribution in [1.82, 2.24) is 0 Å².